The van der Waals surface area contributed by atoms with Crippen molar-refractivity contribution < 1.29 is 9.59 Å². The number of benzene rings is 2. The summed E-state index contributed by atoms with van der Waals surface area (Å²) in [5.41, 5.74) is 2.57. The number of hydrogen-bond donors (Lipinski definition) is 3. The lowest BCUT2D eigenvalue weighted by Gasteiger charge is -2.08. The molecule has 134 valence electrons. The number of fused-ring (bicyclic) bond motifs is 1. The van der Waals surface area contributed by atoms with Crippen molar-refractivity contribution in [2.75, 3.05) is 10.6 Å². The van der Waals surface area contributed by atoms with E-state index in [1.807, 2.05) is 29.6 Å². The van der Waals surface area contributed by atoms with Crippen LogP contribution in [0.3, 0.4) is 0 Å². The first kappa shape index (κ1) is 17.5. The number of amides is 2. The first-order valence-corrected chi connectivity index (χ1v) is 9.80. The Morgan fingerprint density at radius 3 is 2.41 bits per heavy atom. The minimum atomic E-state index is -0.246. The molecule has 0 saturated heterocycles. The number of aromatic amines is 1. The molecule has 3 N–H and O–H groups in total. The molecular formula is C20H14BrN3O2S. The van der Waals surface area contributed by atoms with Crippen molar-refractivity contribution in [2.45, 2.75) is 0 Å². The molecule has 0 fully saturated rings. The van der Waals surface area contributed by atoms with E-state index in [1.54, 1.807) is 36.4 Å². The van der Waals surface area contributed by atoms with Gasteiger partial charge in [0.15, 0.2) is 0 Å². The van der Waals surface area contributed by atoms with Crippen LogP contribution in [0.5, 0.6) is 0 Å². The van der Waals surface area contributed by atoms with Crippen LogP contribution in [0.2, 0.25) is 0 Å². The lowest BCUT2D eigenvalue weighted by molar-refractivity contribution is 0.101. The van der Waals surface area contributed by atoms with Crippen LogP contribution >= 0.6 is 27.3 Å². The maximum atomic E-state index is 12.5. The zero-order valence-corrected chi connectivity index (χ0v) is 16.4. The van der Waals surface area contributed by atoms with Crippen molar-refractivity contribution in [3.05, 3.63) is 81.1 Å². The second-order valence-electron chi connectivity index (χ2n) is 5.88. The Balaban J connectivity index is 1.50. The summed E-state index contributed by atoms with van der Waals surface area (Å²) in [4.78, 5) is 28.5. The van der Waals surface area contributed by atoms with Gasteiger partial charge in [0.2, 0.25) is 0 Å². The van der Waals surface area contributed by atoms with Crippen LogP contribution in [0.15, 0.2) is 70.5 Å². The third-order valence-corrected chi connectivity index (χ3v) is 5.31. The van der Waals surface area contributed by atoms with Crippen molar-refractivity contribution in [1.82, 2.24) is 4.98 Å². The Labute approximate surface area is 167 Å². The van der Waals surface area contributed by atoms with Gasteiger partial charge in [0, 0.05) is 26.8 Å². The fourth-order valence-electron chi connectivity index (χ4n) is 2.70. The maximum Gasteiger partial charge on any atom is 0.272 e. The average Bonchev–Trinajstić information content (AvgIpc) is 3.31. The molecule has 2 heterocycles. The molecule has 7 heteroatoms. The Hall–Kier alpha value is -2.90. The van der Waals surface area contributed by atoms with Crippen molar-refractivity contribution >= 4 is 61.4 Å². The van der Waals surface area contributed by atoms with Crippen molar-refractivity contribution in [3.63, 3.8) is 0 Å². The number of carbonyl (C=O) groups excluding carboxylic acids is 2. The van der Waals surface area contributed by atoms with E-state index in [9.17, 15) is 9.59 Å². The summed E-state index contributed by atoms with van der Waals surface area (Å²) in [5, 5.41) is 8.49. The van der Waals surface area contributed by atoms with Gasteiger partial charge >= 0.3 is 0 Å². The quantitative estimate of drug-likeness (QED) is 0.392. The van der Waals surface area contributed by atoms with Gasteiger partial charge in [-0.1, -0.05) is 34.1 Å². The SMILES string of the molecule is O=C(Nc1cccc(NC(=O)c2cccs2)c1)c1cc2ccc(Br)cc2[nH]1. The van der Waals surface area contributed by atoms with E-state index in [0.717, 1.165) is 15.4 Å². The summed E-state index contributed by atoms with van der Waals surface area (Å²) >= 11 is 4.80. The molecule has 0 bridgehead atoms. The molecule has 2 aromatic heterocycles. The molecule has 0 saturated carbocycles. The highest BCUT2D eigenvalue weighted by molar-refractivity contribution is 9.10. The topological polar surface area (TPSA) is 74.0 Å². The molecule has 4 rings (SSSR count). The summed E-state index contributed by atoms with van der Waals surface area (Å²) in [7, 11) is 0. The predicted octanol–water partition coefficient (Wildman–Crippen LogP) is 5.50. The summed E-state index contributed by atoms with van der Waals surface area (Å²) in [6.45, 7) is 0. The van der Waals surface area contributed by atoms with Crippen LogP contribution in [0.4, 0.5) is 11.4 Å². The number of aromatic nitrogens is 1. The van der Waals surface area contributed by atoms with Gasteiger partial charge in [0.05, 0.1) is 4.88 Å². The lowest BCUT2D eigenvalue weighted by atomic mass is 10.2. The second-order valence-corrected chi connectivity index (χ2v) is 7.74. The molecule has 0 spiro atoms. The van der Waals surface area contributed by atoms with Crippen LogP contribution in [0.25, 0.3) is 10.9 Å². The van der Waals surface area contributed by atoms with E-state index < -0.39 is 0 Å². The molecule has 4 aromatic rings. The van der Waals surface area contributed by atoms with Gasteiger partial charge in [-0.15, -0.1) is 11.3 Å². The van der Waals surface area contributed by atoms with Crippen LogP contribution in [0.1, 0.15) is 20.2 Å². The maximum absolute atomic E-state index is 12.5. The zero-order valence-electron chi connectivity index (χ0n) is 14.0. The summed E-state index contributed by atoms with van der Waals surface area (Å²) in [5.74, 6) is -0.418. The molecule has 2 amide bonds. The third kappa shape index (κ3) is 3.94. The van der Waals surface area contributed by atoms with Crippen LogP contribution in [0, 0.1) is 0 Å². The molecule has 2 aromatic carbocycles. The molecule has 0 unspecified atom stereocenters. The van der Waals surface area contributed by atoms with Gasteiger partial charge in [0.25, 0.3) is 11.8 Å². The number of carbonyl (C=O) groups is 2. The molecule has 0 aliphatic heterocycles. The van der Waals surface area contributed by atoms with Crippen molar-refractivity contribution in [2.24, 2.45) is 0 Å². The van der Waals surface area contributed by atoms with E-state index in [0.29, 0.717) is 21.9 Å². The summed E-state index contributed by atoms with van der Waals surface area (Å²) < 4.78 is 0.943. The highest BCUT2D eigenvalue weighted by Crippen LogP contribution is 2.22. The van der Waals surface area contributed by atoms with Crippen LogP contribution in [-0.2, 0) is 0 Å². The zero-order chi connectivity index (χ0) is 18.8. The van der Waals surface area contributed by atoms with Crippen molar-refractivity contribution in [3.8, 4) is 0 Å². The van der Waals surface area contributed by atoms with Crippen LogP contribution in [-0.4, -0.2) is 16.8 Å². The van der Waals surface area contributed by atoms with E-state index in [4.69, 9.17) is 0 Å². The van der Waals surface area contributed by atoms with Crippen LogP contribution < -0.4 is 10.6 Å². The third-order valence-electron chi connectivity index (χ3n) is 3.95. The van der Waals surface area contributed by atoms with Gasteiger partial charge in [-0.3, -0.25) is 9.59 Å². The van der Waals surface area contributed by atoms with Gasteiger partial charge < -0.3 is 15.6 Å². The summed E-state index contributed by atoms with van der Waals surface area (Å²) in [6, 6.07) is 18.2. The number of hydrogen-bond acceptors (Lipinski definition) is 3. The number of thiophene rings is 1. The first-order valence-electron chi connectivity index (χ1n) is 8.13. The first-order chi connectivity index (χ1) is 13.1. The molecule has 0 aliphatic carbocycles. The van der Waals surface area contributed by atoms with Crippen molar-refractivity contribution in [1.29, 1.82) is 0 Å². The minimum Gasteiger partial charge on any atom is -0.350 e. The number of rotatable bonds is 4. The average molecular weight is 440 g/mol. The second kappa shape index (κ2) is 7.38. The normalized spacial score (nSPS) is 10.7. The molecule has 0 aliphatic rings. The highest BCUT2D eigenvalue weighted by Gasteiger charge is 2.11. The molecule has 27 heavy (non-hydrogen) atoms. The molecule has 5 nitrogen and oxygen atoms in total. The van der Waals surface area contributed by atoms with Gasteiger partial charge in [-0.25, -0.2) is 0 Å². The van der Waals surface area contributed by atoms with E-state index in [-0.39, 0.29) is 11.8 Å². The summed E-state index contributed by atoms with van der Waals surface area (Å²) in [6.07, 6.45) is 0. The Kier molecular flexibility index (Phi) is 4.79. The molecule has 0 radical (unpaired) electrons. The Morgan fingerprint density at radius 1 is 0.889 bits per heavy atom. The van der Waals surface area contributed by atoms with Gasteiger partial charge in [0.1, 0.15) is 5.69 Å². The fourth-order valence-corrected chi connectivity index (χ4v) is 3.68. The monoisotopic (exact) mass is 439 g/mol. The molecule has 0 atom stereocenters. The fraction of sp³-hybridized carbons (Fsp3) is 0. The van der Waals surface area contributed by atoms with Gasteiger partial charge in [-0.05, 0) is 47.8 Å². The smallest absolute Gasteiger partial charge is 0.272 e. The van der Waals surface area contributed by atoms with E-state index in [1.165, 1.54) is 11.3 Å². The Morgan fingerprint density at radius 2 is 1.67 bits per heavy atom. The number of anilines is 2. The highest BCUT2D eigenvalue weighted by atomic mass is 79.9. The van der Waals surface area contributed by atoms with Gasteiger partial charge in [-0.2, -0.15) is 0 Å². The van der Waals surface area contributed by atoms with E-state index in [2.05, 4.69) is 31.5 Å². The standard InChI is InChI=1S/C20H14BrN3O2S/c21-13-7-6-12-9-17(24-16(12)10-13)19(25)22-14-3-1-4-15(11-14)23-20(26)18-5-2-8-27-18/h1-11,24H,(H,22,25)(H,23,26). The minimum absolute atomic E-state index is 0.172. The lowest BCUT2D eigenvalue weighted by Crippen LogP contribution is -2.13. The molecular weight excluding hydrogens is 426 g/mol. The van der Waals surface area contributed by atoms with E-state index >= 15 is 0 Å². The predicted molar refractivity (Wildman–Crippen MR) is 113 cm³/mol. The largest absolute Gasteiger partial charge is 0.350 e. The Bertz CT molecular complexity index is 1140. The number of halogens is 1. The number of H-pyrrole nitrogens is 1. The number of nitrogens with one attached hydrogen (secondary N) is 3.